The van der Waals surface area contributed by atoms with Gasteiger partial charge in [0, 0.05) is 12.1 Å². The standard InChI is InChI=1S/C12H24N2/c1-12(6-3-4-7-12)14-8-5-11(10-14)9-13-2/h11,13H,3-10H2,1-2H3. The molecule has 1 heterocycles. The van der Waals surface area contributed by atoms with E-state index >= 15 is 0 Å². The summed E-state index contributed by atoms with van der Waals surface area (Å²) in [5.74, 6) is 0.900. The number of hydrogen-bond acceptors (Lipinski definition) is 2. The molecule has 14 heavy (non-hydrogen) atoms. The van der Waals surface area contributed by atoms with Gasteiger partial charge in [-0.1, -0.05) is 12.8 Å². The maximum atomic E-state index is 3.31. The van der Waals surface area contributed by atoms with Gasteiger partial charge in [-0.2, -0.15) is 0 Å². The predicted octanol–water partition coefficient (Wildman–Crippen LogP) is 1.86. The summed E-state index contributed by atoms with van der Waals surface area (Å²) in [7, 11) is 2.07. The molecule has 1 aliphatic heterocycles. The Balaban J connectivity index is 1.88. The molecule has 2 heteroatoms. The first-order valence-corrected chi connectivity index (χ1v) is 6.14. The van der Waals surface area contributed by atoms with Crippen LogP contribution < -0.4 is 5.32 Å². The Hall–Kier alpha value is -0.0800. The molecule has 1 saturated carbocycles. The van der Waals surface area contributed by atoms with E-state index in [-0.39, 0.29) is 0 Å². The molecule has 2 fully saturated rings. The van der Waals surface area contributed by atoms with E-state index in [9.17, 15) is 0 Å². The number of nitrogens with one attached hydrogen (secondary N) is 1. The van der Waals surface area contributed by atoms with Crippen molar-refractivity contribution in [3.05, 3.63) is 0 Å². The van der Waals surface area contributed by atoms with E-state index in [0.29, 0.717) is 5.54 Å². The molecule has 0 aromatic carbocycles. The summed E-state index contributed by atoms with van der Waals surface area (Å²) in [6, 6.07) is 0. The molecule has 0 bridgehead atoms. The first-order valence-electron chi connectivity index (χ1n) is 6.14. The van der Waals surface area contributed by atoms with E-state index in [2.05, 4.69) is 24.2 Å². The number of rotatable bonds is 3. The van der Waals surface area contributed by atoms with Crippen LogP contribution in [0.3, 0.4) is 0 Å². The first-order chi connectivity index (χ1) is 6.74. The lowest BCUT2D eigenvalue weighted by Gasteiger charge is -2.35. The Morgan fingerprint density at radius 2 is 2.07 bits per heavy atom. The molecule has 1 atom stereocenters. The number of hydrogen-bond donors (Lipinski definition) is 1. The average Bonchev–Trinajstić information content (AvgIpc) is 2.75. The Morgan fingerprint density at radius 1 is 1.36 bits per heavy atom. The highest BCUT2D eigenvalue weighted by molar-refractivity contribution is 4.94. The maximum absolute atomic E-state index is 3.31. The molecule has 1 unspecified atom stereocenters. The maximum Gasteiger partial charge on any atom is 0.0181 e. The second-order valence-corrected chi connectivity index (χ2v) is 5.36. The van der Waals surface area contributed by atoms with Crippen LogP contribution >= 0.6 is 0 Å². The van der Waals surface area contributed by atoms with Crippen molar-refractivity contribution in [2.75, 3.05) is 26.7 Å². The second-order valence-electron chi connectivity index (χ2n) is 5.36. The lowest BCUT2D eigenvalue weighted by molar-refractivity contribution is 0.136. The minimum atomic E-state index is 0.558. The SMILES string of the molecule is CNCC1CCN(C2(C)CCCC2)C1. The fraction of sp³-hybridized carbons (Fsp3) is 1.00. The summed E-state index contributed by atoms with van der Waals surface area (Å²) in [6.45, 7) is 6.34. The van der Waals surface area contributed by atoms with Crippen LogP contribution in [0.5, 0.6) is 0 Å². The molecule has 1 aliphatic carbocycles. The van der Waals surface area contributed by atoms with Gasteiger partial charge in [0.25, 0.3) is 0 Å². The lowest BCUT2D eigenvalue weighted by Crippen LogP contribution is -2.43. The van der Waals surface area contributed by atoms with Crippen molar-refractivity contribution in [1.29, 1.82) is 0 Å². The van der Waals surface area contributed by atoms with Crippen LogP contribution in [0.1, 0.15) is 39.0 Å². The minimum absolute atomic E-state index is 0.558. The molecule has 0 aromatic heterocycles. The van der Waals surface area contributed by atoms with Crippen LogP contribution in [-0.2, 0) is 0 Å². The topological polar surface area (TPSA) is 15.3 Å². The zero-order valence-corrected chi connectivity index (χ0v) is 9.68. The fourth-order valence-electron chi connectivity index (χ4n) is 3.23. The first kappa shape index (κ1) is 10.4. The third-order valence-corrected chi connectivity index (χ3v) is 4.22. The largest absolute Gasteiger partial charge is 0.319 e. The molecular weight excluding hydrogens is 172 g/mol. The Morgan fingerprint density at radius 3 is 2.71 bits per heavy atom. The molecule has 1 saturated heterocycles. The van der Waals surface area contributed by atoms with Crippen molar-refractivity contribution >= 4 is 0 Å². The molecule has 82 valence electrons. The van der Waals surface area contributed by atoms with Gasteiger partial charge in [-0.25, -0.2) is 0 Å². The second kappa shape index (κ2) is 4.19. The normalized spacial score (nSPS) is 32.6. The zero-order chi connectivity index (χ0) is 10.0. The summed E-state index contributed by atoms with van der Waals surface area (Å²) in [5.41, 5.74) is 0.558. The van der Waals surface area contributed by atoms with E-state index < -0.39 is 0 Å². The van der Waals surface area contributed by atoms with Crippen molar-refractivity contribution in [3.8, 4) is 0 Å². The fourth-order valence-corrected chi connectivity index (χ4v) is 3.23. The molecule has 2 aliphatic rings. The van der Waals surface area contributed by atoms with Gasteiger partial charge in [0.15, 0.2) is 0 Å². The number of likely N-dealkylation sites (tertiary alicyclic amines) is 1. The van der Waals surface area contributed by atoms with E-state index in [1.165, 1.54) is 51.7 Å². The molecule has 0 radical (unpaired) electrons. The Kier molecular flexibility index (Phi) is 3.13. The lowest BCUT2D eigenvalue weighted by atomic mass is 9.98. The highest BCUT2D eigenvalue weighted by Crippen LogP contribution is 2.37. The van der Waals surface area contributed by atoms with E-state index in [4.69, 9.17) is 0 Å². The van der Waals surface area contributed by atoms with Gasteiger partial charge in [0.05, 0.1) is 0 Å². The van der Waals surface area contributed by atoms with Gasteiger partial charge >= 0.3 is 0 Å². The quantitative estimate of drug-likeness (QED) is 0.741. The van der Waals surface area contributed by atoms with Gasteiger partial charge in [0.2, 0.25) is 0 Å². The Labute approximate surface area is 88.1 Å². The summed E-state index contributed by atoms with van der Waals surface area (Å²) < 4.78 is 0. The molecule has 2 nitrogen and oxygen atoms in total. The summed E-state index contributed by atoms with van der Waals surface area (Å²) >= 11 is 0. The van der Waals surface area contributed by atoms with Crippen LogP contribution in [-0.4, -0.2) is 37.1 Å². The van der Waals surface area contributed by atoms with E-state index in [1.54, 1.807) is 0 Å². The third-order valence-electron chi connectivity index (χ3n) is 4.22. The molecule has 0 aromatic rings. The van der Waals surface area contributed by atoms with Crippen molar-refractivity contribution < 1.29 is 0 Å². The Bertz CT molecular complexity index is 185. The average molecular weight is 196 g/mol. The predicted molar refractivity (Wildman–Crippen MR) is 60.5 cm³/mol. The van der Waals surface area contributed by atoms with Gasteiger partial charge in [-0.15, -0.1) is 0 Å². The van der Waals surface area contributed by atoms with Crippen LogP contribution in [0.4, 0.5) is 0 Å². The third kappa shape index (κ3) is 1.96. The van der Waals surface area contributed by atoms with E-state index in [1.807, 2.05) is 0 Å². The van der Waals surface area contributed by atoms with Crippen LogP contribution in [0.15, 0.2) is 0 Å². The van der Waals surface area contributed by atoms with E-state index in [0.717, 1.165) is 5.92 Å². The summed E-state index contributed by atoms with van der Waals surface area (Å²) in [6.07, 6.45) is 7.16. The number of nitrogens with zero attached hydrogens (tertiary/aromatic N) is 1. The smallest absolute Gasteiger partial charge is 0.0181 e. The highest BCUT2D eigenvalue weighted by Gasteiger charge is 2.38. The minimum Gasteiger partial charge on any atom is -0.319 e. The van der Waals surface area contributed by atoms with Crippen molar-refractivity contribution in [2.24, 2.45) is 5.92 Å². The van der Waals surface area contributed by atoms with Crippen molar-refractivity contribution in [1.82, 2.24) is 10.2 Å². The van der Waals surface area contributed by atoms with Gasteiger partial charge in [-0.3, -0.25) is 4.90 Å². The molecule has 2 rings (SSSR count). The van der Waals surface area contributed by atoms with Crippen molar-refractivity contribution in [3.63, 3.8) is 0 Å². The van der Waals surface area contributed by atoms with Crippen molar-refractivity contribution in [2.45, 2.75) is 44.6 Å². The molecule has 1 N–H and O–H groups in total. The van der Waals surface area contributed by atoms with Crippen LogP contribution in [0.25, 0.3) is 0 Å². The summed E-state index contributed by atoms with van der Waals surface area (Å²) in [4.78, 5) is 2.75. The van der Waals surface area contributed by atoms with Gasteiger partial charge < -0.3 is 5.32 Å². The molecular formula is C12H24N2. The zero-order valence-electron chi connectivity index (χ0n) is 9.68. The van der Waals surface area contributed by atoms with Crippen LogP contribution in [0, 0.1) is 5.92 Å². The molecule has 0 spiro atoms. The monoisotopic (exact) mass is 196 g/mol. The van der Waals surface area contributed by atoms with Gasteiger partial charge in [0.1, 0.15) is 0 Å². The highest BCUT2D eigenvalue weighted by atomic mass is 15.2. The summed E-state index contributed by atoms with van der Waals surface area (Å²) in [5, 5.41) is 3.31. The van der Waals surface area contributed by atoms with Crippen LogP contribution in [0.2, 0.25) is 0 Å². The molecule has 0 amide bonds. The van der Waals surface area contributed by atoms with Gasteiger partial charge in [-0.05, 0) is 52.2 Å².